The third kappa shape index (κ3) is 1.29. The van der Waals surface area contributed by atoms with Gasteiger partial charge in [-0.1, -0.05) is 15.9 Å². The summed E-state index contributed by atoms with van der Waals surface area (Å²) in [5, 5.41) is 2.07. The molecule has 0 radical (unpaired) electrons. The molecule has 8 heavy (non-hydrogen) atoms. The number of thiazole rings is 1. The summed E-state index contributed by atoms with van der Waals surface area (Å²) in [5.74, 6) is 0. The summed E-state index contributed by atoms with van der Waals surface area (Å²) in [6, 6.07) is 0. The Morgan fingerprint density at radius 1 is 1.88 bits per heavy atom. The summed E-state index contributed by atoms with van der Waals surface area (Å²) in [5.41, 5.74) is 0. The van der Waals surface area contributed by atoms with Crippen molar-refractivity contribution in [3.8, 4) is 0 Å². The second-order valence-electron chi connectivity index (χ2n) is 1.48. The molecule has 0 spiro atoms. The quantitative estimate of drug-likeness (QED) is 0.622. The van der Waals surface area contributed by atoms with Crippen LogP contribution < -0.4 is 0 Å². The number of halogens is 1. The maximum atomic E-state index is 4.08. The molecule has 0 saturated carbocycles. The number of hydrogen-bond donors (Lipinski definition) is 0. The lowest BCUT2D eigenvalue weighted by Crippen LogP contribution is -1.60. The summed E-state index contributed by atoms with van der Waals surface area (Å²) >= 11 is 5.07. The standard InChI is InChI=1S/C5H6BrNS/c1-4-7-3-5(2-6)8-4/h3H,2H2,1H3. The molecule has 0 aliphatic carbocycles. The topological polar surface area (TPSA) is 12.9 Å². The van der Waals surface area contributed by atoms with Crippen molar-refractivity contribution in [2.24, 2.45) is 0 Å². The third-order valence-electron chi connectivity index (χ3n) is 0.801. The van der Waals surface area contributed by atoms with Gasteiger partial charge in [0.2, 0.25) is 0 Å². The molecule has 1 heterocycles. The van der Waals surface area contributed by atoms with Crippen LogP contribution in [0.4, 0.5) is 0 Å². The average Bonchev–Trinajstić information content (AvgIpc) is 2.14. The molecule has 0 amide bonds. The molecule has 0 fully saturated rings. The van der Waals surface area contributed by atoms with Crippen molar-refractivity contribution in [1.29, 1.82) is 0 Å². The molecule has 0 N–H and O–H groups in total. The van der Waals surface area contributed by atoms with Crippen molar-refractivity contribution >= 4 is 27.3 Å². The van der Waals surface area contributed by atoms with Gasteiger partial charge >= 0.3 is 0 Å². The molecule has 1 aromatic heterocycles. The van der Waals surface area contributed by atoms with E-state index in [-0.39, 0.29) is 0 Å². The van der Waals surface area contributed by atoms with E-state index in [1.165, 1.54) is 4.88 Å². The van der Waals surface area contributed by atoms with Crippen LogP contribution in [0.15, 0.2) is 6.20 Å². The van der Waals surface area contributed by atoms with Crippen molar-refractivity contribution in [2.75, 3.05) is 0 Å². The van der Waals surface area contributed by atoms with Gasteiger partial charge in [0, 0.05) is 16.4 Å². The monoisotopic (exact) mass is 191 g/mol. The zero-order valence-electron chi connectivity index (χ0n) is 4.52. The summed E-state index contributed by atoms with van der Waals surface area (Å²) in [7, 11) is 0. The van der Waals surface area contributed by atoms with Gasteiger partial charge in [-0.15, -0.1) is 11.3 Å². The van der Waals surface area contributed by atoms with E-state index in [0.29, 0.717) is 0 Å². The van der Waals surface area contributed by atoms with Gasteiger partial charge in [-0.2, -0.15) is 0 Å². The first-order valence-electron chi connectivity index (χ1n) is 2.30. The predicted molar refractivity (Wildman–Crippen MR) is 39.5 cm³/mol. The number of hydrogen-bond acceptors (Lipinski definition) is 2. The highest BCUT2D eigenvalue weighted by molar-refractivity contribution is 9.08. The van der Waals surface area contributed by atoms with E-state index in [2.05, 4.69) is 20.9 Å². The molecule has 3 heteroatoms. The number of aromatic nitrogens is 1. The van der Waals surface area contributed by atoms with Crippen LogP contribution in [-0.2, 0) is 5.33 Å². The van der Waals surface area contributed by atoms with E-state index >= 15 is 0 Å². The van der Waals surface area contributed by atoms with Gasteiger partial charge in [0.15, 0.2) is 0 Å². The Bertz CT molecular complexity index is 173. The van der Waals surface area contributed by atoms with Crippen LogP contribution in [0.3, 0.4) is 0 Å². The fraction of sp³-hybridized carbons (Fsp3) is 0.400. The van der Waals surface area contributed by atoms with Gasteiger partial charge in [-0.25, -0.2) is 4.98 Å². The Hall–Kier alpha value is 0.110. The zero-order chi connectivity index (χ0) is 5.98. The second-order valence-corrected chi connectivity index (χ2v) is 3.36. The molecule has 0 saturated heterocycles. The summed E-state index contributed by atoms with van der Waals surface area (Å²) < 4.78 is 0. The van der Waals surface area contributed by atoms with Crippen LogP contribution in [-0.4, -0.2) is 4.98 Å². The first kappa shape index (κ1) is 6.23. The van der Waals surface area contributed by atoms with Gasteiger partial charge in [0.05, 0.1) is 5.01 Å². The summed E-state index contributed by atoms with van der Waals surface area (Å²) in [6.07, 6.45) is 1.90. The molecule has 1 rings (SSSR count). The van der Waals surface area contributed by atoms with Crippen LogP contribution in [0.2, 0.25) is 0 Å². The first-order chi connectivity index (χ1) is 3.83. The van der Waals surface area contributed by atoms with Crippen molar-refractivity contribution < 1.29 is 0 Å². The van der Waals surface area contributed by atoms with Gasteiger partial charge in [0.1, 0.15) is 0 Å². The van der Waals surface area contributed by atoms with Gasteiger partial charge in [-0.3, -0.25) is 0 Å². The number of rotatable bonds is 1. The molecule has 0 unspecified atom stereocenters. The minimum Gasteiger partial charge on any atom is -0.250 e. The highest BCUT2D eigenvalue weighted by Gasteiger charge is 1.92. The average molecular weight is 192 g/mol. The molecule has 0 aliphatic rings. The largest absolute Gasteiger partial charge is 0.250 e. The van der Waals surface area contributed by atoms with E-state index in [4.69, 9.17) is 0 Å². The normalized spacial score (nSPS) is 9.75. The van der Waals surface area contributed by atoms with E-state index in [1.54, 1.807) is 11.3 Å². The predicted octanol–water partition coefficient (Wildman–Crippen LogP) is 2.35. The third-order valence-corrected chi connectivity index (χ3v) is 2.69. The van der Waals surface area contributed by atoms with Gasteiger partial charge < -0.3 is 0 Å². The number of alkyl halides is 1. The fourth-order valence-corrected chi connectivity index (χ4v) is 1.60. The Labute approximate surface area is 60.9 Å². The Morgan fingerprint density at radius 3 is 2.88 bits per heavy atom. The smallest absolute Gasteiger partial charge is 0.0897 e. The molecular weight excluding hydrogens is 186 g/mol. The van der Waals surface area contributed by atoms with E-state index in [1.807, 2.05) is 13.1 Å². The van der Waals surface area contributed by atoms with E-state index in [0.717, 1.165) is 10.3 Å². The van der Waals surface area contributed by atoms with E-state index in [9.17, 15) is 0 Å². The zero-order valence-corrected chi connectivity index (χ0v) is 6.92. The second kappa shape index (κ2) is 2.60. The highest BCUT2D eigenvalue weighted by Crippen LogP contribution is 2.13. The van der Waals surface area contributed by atoms with Crippen LogP contribution in [0, 0.1) is 6.92 Å². The number of aryl methyl sites for hydroxylation is 1. The van der Waals surface area contributed by atoms with Gasteiger partial charge in [-0.05, 0) is 6.92 Å². The summed E-state index contributed by atoms with van der Waals surface area (Å²) in [6.45, 7) is 2.01. The van der Waals surface area contributed by atoms with Crippen molar-refractivity contribution in [3.63, 3.8) is 0 Å². The minimum atomic E-state index is 0.929. The maximum absolute atomic E-state index is 4.08. The van der Waals surface area contributed by atoms with Crippen molar-refractivity contribution in [1.82, 2.24) is 4.98 Å². The van der Waals surface area contributed by atoms with Crippen LogP contribution >= 0.6 is 27.3 Å². The maximum Gasteiger partial charge on any atom is 0.0897 e. The van der Waals surface area contributed by atoms with Gasteiger partial charge in [0.25, 0.3) is 0 Å². The van der Waals surface area contributed by atoms with Crippen molar-refractivity contribution in [3.05, 3.63) is 16.1 Å². The van der Waals surface area contributed by atoms with Crippen LogP contribution in [0.25, 0.3) is 0 Å². The molecule has 44 valence electrons. The van der Waals surface area contributed by atoms with Crippen LogP contribution in [0.1, 0.15) is 9.88 Å². The molecule has 0 aliphatic heterocycles. The fourth-order valence-electron chi connectivity index (χ4n) is 0.467. The molecule has 1 nitrogen and oxygen atoms in total. The first-order valence-corrected chi connectivity index (χ1v) is 4.24. The molecule has 0 aromatic carbocycles. The van der Waals surface area contributed by atoms with Crippen molar-refractivity contribution in [2.45, 2.75) is 12.3 Å². The SMILES string of the molecule is Cc1ncc(CBr)s1. The Balaban J connectivity index is 2.84. The highest BCUT2D eigenvalue weighted by atomic mass is 79.9. The molecular formula is C5H6BrNS. The summed E-state index contributed by atoms with van der Waals surface area (Å²) in [4.78, 5) is 5.37. The number of nitrogens with zero attached hydrogens (tertiary/aromatic N) is 1. The Kier molecular flexibility index (Phi) is 2.02. The molecule has 1 aromatic rings. The van der Waals surface area contributed by atoms with Crippen LogP contribution in [0.5, 0.6) is 0 Å². The molecule has 0 atom stereocenters. The lowest BCUT2D eigenvalue weighted by molar-refractivity contribution is 1.28. The molecule has 0 bridgehead atoms. The lowest BCUT2D eigenvalue weighted by Gasteiger charge is -1.76. The lowest BCUT2D eigenvalue weighted by atomic mass is 10.6. The Morgan fingerprint density at radius 2 is 2.62 bits per heavy atom. The van der Waals surface area contributed by atoms with E-state index < -0.39 is 0 Å². The minimum absolute atomic E-state index is 0.929.